The van der Waals surface area contributed by atoms with E-state index in [1.807, 2.05) is 60.7 Å². The molecule has 0 amide bonds. The lowest BCUT2D eigenvalue weighted by Gasteiger charge is -2.11. The van der Waals surface area contributed by atoms with Crippen LogP contribution in [-0.4, -0.2) is 18.4 Å². The predicted molar refractivity (Wildman–Crippen MR) is 208 cm³/mol. The Bertz CT molecular complexity index is 2200. The molecule has 3 nitrogen and oxygen atoms in total. The van der Waals surface area contributed by atoms with Crippen LogP contribution < -0.4 is 0 Å². The molecule has 0 radical (unpaired) electrons. The summed E-state index contributed by atoms with van der Waals surface area (Å²) in [5, 5.41) is 0. The quantitative estimate of drug-likeness (QED) is 0.118. The fraction of sp³-hybridized carbons (Fsp3) is 0.0652. The molecule has 1 aliphatic carbocycles. The average Bonchev–Trinajstić information content (AvgIpc) is 3.19. The number of benzene rings is 6. The highest BCUT2D eigenvalue weighted by Gasteiger charge is 2.10. The summed E-state index contributed by atoms with van der Waals surface area (Å²) < 4.78 is 0. The van der Waals surface area contributed by atoms with Gasteiger partial charge in [0.25, 0.3) is 0 Å². The molecular formula is C46H37N3. The van der Waals surface area contributed by atoms with Crippen LogP contribution in [0.15, 0.2) is 191 Å². The summed E-state index contributed by atoms with van der Waals surface area (Å²) in [6.45, 7) is 4.40. The molecule has 7 rings (SSSR count). The van der Waals surface area contributed by atoms with Crippen LogP contribution in [0.5, 0.6) is 0 Å². The molecule has 0 bridgehead atoms. The van der Waals surface area contributed by atoms with E-state index in [0.717, 1.165) is 46.2 Å². The van der Waals surface area contributed by atoms with Crippen molar-refractivity contribution in [2.24, 2.45) is 15.0 Å². The highest BCUT2D eigenvalue weighted by Crippen LogP contribution is 2.32. The van der Waals surface area contributed by atoms with E-state index in [0.29, 0.717) is 18.2 Å². The van der Waals surface area contributed by atoms with Gasteiger partial charge in [-0.25, -0.2) is 9.98 Å². The molecule has 0 spiro atoms. The van der Waals surface area contributed by atoms with Crippen molar-refractivity contribution in [2.45, 2.75) is 19.4 Å². The van der Waals surface area contributed by atoms with Gasteiger partial charge in [-0.15, -0.1) is 0 Å². The van der Waals surface area contributed by atoms with Crippen molar-refractivity contribution in [1.82, 2.24) is 0 Å². The van der Waals surface area contributed by atoms with E-state index in [4.69, 9.17) is 9.98 Å². The summed E-state index contributed by atoms with van der Waals surface area (Å²) in [7, 11) is 0. The van der Waals surface area contributed by atoms with E-state index in [1.54, 1.807) is 0 Å². The molecule has 0 aromatic heterocycles. The molecule has 0 aliphatic heterocycles. The zero-order valence-corrected chi connectivity index (χ0v) is 27.4. The maximum absolute atomic E-state index is 4.95. The Kier molecular flexibility index (Phi) is 9.71. The molecule has 0 atom stereocenters. The largest absolute Gasteiger partial charge is 0.261 e. The Hall–Kier alpha value is -6.19. The maximum Gasteiger partial charge on any atom is 0.161 e. The van der Waals surface area contributed by atoms with E-state index in [9.17, 15) is 0 Å². The maximum atomic E-state index is 4.95. The summed E-state index contributed by atoms with van der Waals surface area (Å²) in [5.41, 5.74) is 12.4. The molecule has 1 aliphatic rings. The van der Waals surface area contributed by atoms with E-state index >= 15 is 0 Å². The van der Waals surface area contributed by atoms with Crippen LogP contribution in [0, 0.1) is 0 Å². The number of allylic oxidation sites excluding steroid dienone is 4. The minimum atomic E-state index is 0.522. The molecule has 0 heterocycles. The Balaban J connectivity index is 1.18. The van der Waals surface area contributed by atoms with Gasteiger partial charge in [0, 0.05) is 11.1 Å². The third-order valence-electron chi connectivity index (χ3n) is 8.68. The standard InChI is InChI=1S/C46H37N3/c1-47-45(49-46(36-19-9-4-10-20-36)48-33-34-15-5-2-6-16-34)44-28-14-27-43(32-44)42-26-13-25-41(31-42)40-24-12-23-39(30-40)38-22-11-21-37(29-38)35-17-7-3-8-18-35/h2,4-7,9-32H,1,3,8,33H2. The van der Waals surface area contributed by atoms with Crippen LogP contribution in [0.4, 0.5) is 0 Å². The van der Waals surface area contributed by atoms with Gasteiger partial charge in [0.15, 0.2) is 11.7 Å². The number of aliphatic imine (C=N–C) groups is 3. The number of hydrogen-bond acceptors (Lipinski definition) is 1. The van der Waals surface area contributed by atoms with Gasteiger partial charge in [-0.1, -0.05) is 152 Å². The van der Waals surface area contributed by atoms with Crippen molar-refractivity contribution in [3.05, 3.63) is 198 Å². The van der Waals surface area contributed by atoms with Gasteiger partial charge in [-0.05, 0) is 93.9 Å². The van der Waals surface area contributed by atoms with Gasteiger partial charge in [-0.3, -0.25) is 4.99 Å². The second-order valence-corrected chi connectivity index (χ2v) is 12.0. The topological polar surface area (TPSA) is 37.1 Å². The normalized spacial score (nSPS) is 13.2. The summed E-state index contributed by atoms with van der Waals surface area (Å²) in [6, 6.07) is 54.9. The zero-order valence-electron chi connectivity index (χ0n) is 27.4. The first-order valence-corrected chi connectivity index (χ1v) is 16.7. The van der Waals surface area contributed by atoms with Crippen LogP contribution in [0.1, 0.15) is 35.1 Å². The van der Waals surface area contributed by atoms with Crippen molar-refractivity contribution in [1.29, 1.82) is 0 Å². The minimum absolute atomic E-state index is 0.522. The lowest BCUT2D eigenvalue weighted by Crippen LogP contribution is -2.05. The SMILES string of the molecule is C=NC(=NC(=NCc1ccccc1)c1ccccc1)c1cccc(-c2cccc(-c3cccc(-c4cccc(C5=CCCC=C5)c4)c3)c2)c1. The summed E-state index contributed by atoms with van der Waals surface area (Å²) in [5.74, 6) is 1.15. The van der Waals surface area contributed by atoms with Gasteiger partial charge in [-0.2, -0.15) is 0 Å². The van der Waals surface area contributed by atoms with Crippen LogP contribution in [-0.2, 0) is 6.54 Å². The lowest BCUT2D eigenvalue weighted by atomic mass is 9.93. The molecule has 0 unspecified atom stereocenters. The smallest absolute Gasteiger partial charge is 0.161 e. The number of nitrogens with zero attached hydrogens (tertiary/aromatic N) is 3. The van der Waals surface area contributed by atoms with E-state index in [1.165, 1.54) is 27.8 Å². The van der Waals surface area contributed by atoms with Crippen LogP contribution in [0.25, 0.3) is 39.0 Å². The molecule has 6 aromatic rings. The van der Waals surface area contributed by atoms with Crippen LogP contribution in [0.2, 0.25) is 0 Å². The zero-order chi connectivity index (χ0) is 33.3. The Labute approximate surface area is 289 Å². The third kappa shape index (κ3) is 7.69. The van der Waals surface area contributed by atoms with E-state index in [2.05, 4.69) is 127 Å². The summed E-state index contributed by atoms with van der Waals surface area (Å²) in [4.78, 5) is 14.2. The van der Waals surface area contributed by atoms with Crippen molar-refractivity contribution in [3.8, 4) is 33.4 Å². The van der Waals surface area contributed by atoms with Gasteiger partial charge >= 0.3 is 0 Å². The molecule has 0 saturated carbocycles. The third-order valence-corrected chi connectivity index (χ3v) is 8.68. The number of hydrogen-bond donors (Lipinski definition) is 0. The van der Waals surface area contributed by atoms with Crippen molar-refractivity contribution in [2.75, 3.05) is 0 Å². The second-order valence-electron chi connectivity index (χ2n) is 12.0. The first kappa shape index (κ1) is 31.4. The van der Waals surface area contributed by atoms with Crippen molar-refractivity contribution in [3.63, 3.8) is 0 Å². The molecule has 0 fully saturated rings. The molecule has 6 aromatic carbocycles. The second kappa shape index (κ2) is 15.1. The van der Waals surface area contributed by atoms with Crippen molar-refractivity contribution < 1.29 is 0 Å². The number of rotatable bonds is 8. The summed E-state index contributed by atoms with van der Waals surface area (Å²) in [6.07, 6.45) is 9.05. The number of amidine groups is 2. The van der Waals surface area contributed by atoms with Gasteiger partial charge in [0.1, 0.15) is 0 Å². The van der Waals surface area contributed by atoms with Gasteiger partial charge < -0.3 is 0 Å². The predicted octanol–water partition coefficient (Wildman–Crippen LogP) is 11.5. The first-order valence-electron chi connectivity index (χ1n) is 16.7. The van der Waals surface area contributed by atoms with Gasteiger partial charge in [0.2, 0.25) is 0 Å². The monoisotopic (exact) mass is 631 g/mol. The van der Waals surface area contributed by atoms with E-state index in [-0.39, 0.29) is 0 Å². The highest BCUT2D eigenvalue weighted by atomic mass is 15.0. The van der Waals surface area contributed by atoms with Crippen LogP contribution >= 0.6 is 0 Å². The molecular weight excluding hydrogens is 595 g/mol. The molecule has 0 saturated heterocycles. The molecule has 236 valence electrons. The summed E-state index contributed by atoms with van der Waals surface area (Å²) >= 11 is 0. The van der Waals surface area contributed by atoms with Crippen molar-refractivity contribution >= 4 is 24.0 Å². The Morgan fingerprint density at radius 3 is 1.57 bits per heavy atom. The highest BCUT2D eigenvalue weighted by molar-refractivity contribution is 6.13. The van der Waals surface area contributed by atoms with Crippen LogP contribution in [0.3, 0.4) is 0 Å². The fourth-order valence-corrected chi connectivity index (χ4v) is 6.12. The first-order chi connectivity index (χ1) is 24.2. The Morgan fingerprint density at radius 2 is 1.00 bits per heavy atom. The Morgan fingerprint density at radius 1 is 0.490 bits per heavy atom. The van der Waals surface area contributed by atoms with Gasteiger partial charge in [0.05, 0.1) is 6.54 Å². The fourth-order valence-electron chi connectivity index (χ4n) is 6.12. The molecule has 49 heavy (non-hydrogen) atoms. The van der Waals surface area contributed by atoms with E-state index < -0.39 is 0 Å². The molecule has 0 N–H and O–H groups in total. The lowest BCUT2D eigenvalue weighted by molar-refractivity contribution is 1.04. The average molecular weight is 632 g/mol. The molecule has 3 heteroatoms. The minimum Gasteiger partial charge on any atom is -0.261 e.